The fraction of sp³-hybridized carbons (Fsp3) is 0.263. The number of ether oxygens (including phenoxy) is 2. The van der Waals surface area contributed by atoms with Crippen LogP contribution >= 0.6 is 23.8 Å². The third-order valence-electron chi connectivity index (χ3n) is 3.90. The smallest absolute Gasteiger partial charge is 0.262 e. The quantitative estimate of drug-likeness (QED) is 0.627. The van der Waals surface area contributed by atoms with Crippen LogP contribution in [-0.4, -0.2) is 22.8 Å². The summed E-state index contributed by atoms with van der Waals surface area (Å²) in [6.07, 6.45) is 0. The molecule has 26 heavy (non-hydrogen) atoms. The Morgan fingerprint density at radius 2 is 1.69 bits per heavy atom. The van der Waals surface area contributed by atoms with Gasteiger partial charge in [-0.15, -0.1) is 0 Å². The Morgan fingerprint density at radius 1 is 1.08 bits per heavy atom. The zero-order chi connectivity index (χ0) is 18.7. The molecule has 5 nitrogen and oxygen atoms in total. The predicted molar refractivity (Wildman–Crippen MR) is 106 cm³/mol. The molecule has 0 saturated heterocycles. The molecule has 0 spiro atoms. The van der Waals surface area contributed by atoms with Crippen LogP contribution in [0.1, 0.15) is 19.4 Å². The minimum Gasteiger partial charge on any atom is -0.490 e. The van der Waals surface area contributed by atoms with Gasteiger partial charge in [0.2, 0.25) is 0 Å². The average molecular weight is 391 g/mol. The first-order valence-corrected chi connectivity index (χ1v) is 9.13. The Labute approximate surface area is 161 Å². The van der Waals surface area contributed by atoms with Crippen LogP contribution < -0.4 is 15.0 Å². The number of halogens is 1. The Balaban J connectivity index is 2.13. The largest absolute Gasteiger partial charge is 0.490 e. The van der Waals surface area contributed by atoms with E-state index in [-0.39, 0.29) is 5.56 Å². The number of nitrogens with one attached hydrogen (secondary N) is 1. The molecule has 3 aromatic rings. The molecule has 0 radical (unpaired) electrons. The lowest BCUT2D eigenvalue weighted by Crippen LogP contribution is -2.23. The molecule has 0 saturated carbocycles. The van der Waals surface area contributed by atoms with Gasteiger partial charge < -0.3 is 14.5 Å². The van der Waals surface area contributed by atoms with E-state index in [4.69, 9.17) is 33.3 Å². The van der Waals surface area contributed by atoms with Gasteiger partial charge in [0.05, 0.1) is 30.7 Å². The van der Waals surface area contributed by atoms with Crippen LogP contribution in [-0.2, 0) is 6.54 Å². The van der Waals surface area contributed by atoms with Crippen molar-refractivity contribution >= 4 is 34.7 Å². The highest BCUT2D eigenvalue weighted by molar-refractivity contribution is 7.71. The number of hydrogen-bond donors (Lipinski definition) is 1. The van der Waals surface area contributed by atoms with E-state index in [9.17, 15) is 4.79 Å². The number of H-pyrrole nitrogens is 1. The van der Waals surface area contributed by atoms with Crippen molar-refractivity contribution in [1.29, 1.82) is 0 Å². The third kappa shape index (κ3) is 3.76. The van der Waals surface area contributed by atoms with Crippen molar-refractivity contribution in [2.75, 3.05) is 13.2 Å². The zero-order valence-corrected chi connectivity index (χ0v) is 16.1. The Morgan fingerprint density at radius 3 is 2.31 bits per heavy atom. The van der Waals surface area contributed by atoms with E-state index < -0.39 is 0 Å². The van der Waals surface area contributed by atoms with Crippen molar-refractivity contribution in [3.63, 3.8) is 0 Å². The van der Waals surface area contributed by atoms with Gasteiger partial charge in [0.1, 0.15) is 0 Å². The van der Waals surface area contributed by atoms with Gasteiger partial charge in [-0.3, -0.25) is 9.36 Å². The summed E-state index contributed by atoms with van der Waals surface area (Å²) in [5, 5.41) is 1.15. The second-order valence-electron chi connectivity index (χ2n) is 5.66. The van der Waals surface area contributed by atoms with E-state index in [2.05, 4.69) is 4.98 Å². The van der Waals surface area contributed by atoms with Crippen LogP contribution in [0.15, 0.2) is 41.2 Å². The molecule has 0 atom stereocenters. The molecule has 7 heteroatoms. The molecule has 0 fully saturated rings. The van der Waals surface area contributed by atoms with Gasteiger partial charge in [-0.1, -0.05) is 23.7 Å². The maximum absolute atomic E-state index is 13.0. The maximum atomic E-state index is 13.0. The number of nitrogens with zero attached hydrogens (tertiary/aromatic N) is 1. The second kappa shape index (κ2) is 7.93. The summed E-state index contributed by atoms with van der Waals surface area (Å²) in [7, 11) is 0. The van der Waals surface area contributed by atoms with E-state index in [1.807, 2.05) is 26.0 Å². The highest BCUT2D eigenvalue weighted by Gasteiger charge is 2.13. The highest BCUT2D eigenvalue weighted by atomic mass is 35.5. The van der Waals surface area contributed by atoms with Crippen LogP contribution in [0.2, 0.25) is 5.02 Å². The van der Waals surface area contributed by atoms with Crippen LogP contribution in [0, 0.1) is 4.77 Å². The molecular weight excluding hydrogens is 372 g/mol. The number of rotatable bonds is 6. The minimum atomic E-state index is -0.178. The van der Waals surface area contributed by atoms with Gasteiger partial charge >= 0.3 is 0 Å². The van der Waals surface area contributed by atoms with E-state index in [0.717, 1.165) is 5.56 Å². The number of hydrogen-bond acceptors (Lipinski definition) is 4. The molecule has 0 unspecified atom stereocenters. The predicted octanol–water partition coefficient (Wildman–Crippen LogP) is 4.56. The van der Waals surface area contributed by atoms with Crippen molar-refractivity contribution < 1.29 is 9.47 Å². The Bertz CT molecular complexity index is 1040. The fourth-order valence-corrected chi connectivity index (χ4v) is 3.10. The second-order valence-corrected chi connectivity index (χ2v) is 6.48. The first-order chi connectivity index (χ1) is 12.5. The van der Waals surface area contributed by atoms with Crippen LogP contribution in [0.3, 0.4) is 0 Å². The standard InChI is InChI=1S/C19H19ClN2O3S/c1-3-24-16-9-14-15(10-17(16)25-4-2)21-19(26)22(18(14)23)11-12-5-7-13(20)8-6-12/h5-10H,3-4,11H2,1-2H3,(H,21,26). The number of fused-ring (bicyclic) bond motifs is 1. The van der Waals surface area contributed by atoms with Crippen LogP contribution in [0.5, 0.6) is 11.5 Å². The molecular formula is C19H19ClN2O3S. The summed E-state index contributed by atoms with van der Waals surface area (Å²) in [6.45, 7) is 5.12. The summed E-state index contributed by atoms with van der Waals surface area (Å²) in [6, 6.07) is 10.8. The van der Waals surface area contributed by atoms with Gasteiger partial charge in [-0.25, -0.2) is 0 Å². The topological polar surface area (TPSA) is 56.2 Å². The van der Waals surface area contributed by atoms with E-state index >= 15 is 0 Å². The molecule has 1 heterocycles. The molecule has 0 amide bonds. The van der Waals surface area contributed by atoms with Crippen molar-refractivity contribution in [1.82, 2.24) is 9.55 Å². The molecule has 0 aliphatic rings. The third-order valence-corrected chi connectivity index (χ3v) is 4.47. The summed E-state index contributed by atoms with van der Waals surface area (Å²) in [5.41, 5.74) is 1.38. The number of aromatic amines is 1. The normalized spacial score (nSPS) is 10.9. The van der Waals surface area contributed by atoms with Crippen molar-refractivity contribution in [3.05, 3.63) is 62.1 Å². The summed E-state index contributed by atoms with van der Waals surface area (Å²) in [4.78, 5) is 16.1. The van der Waals surface area contributed by atoms with Gasteiger partial charge in [0.25, 0.3) is 5.56 Å². The van der Waals surface area contributed by atoms with Crippen molar-refractivity contribution in [3.8, 4) is 11.5 Å². The molecule has 0 aliphatic heterocycles. The lowest BCUT2D eigenvalue weighted by molar-refractivity contribution is 0.288. The maximum Gasteiger partial charge on any atom is 0.262 e. The molecule has 136 valence electrons. The first-order valence-electron chi connectivity index (χ1n) is 8.34. The lowest BCUT2D eigenvalue weighted by atomic mass is 10.2. The monoisotopic (exact) mass is 390 g/mol. The van der Waals surface area contributed by atoms with Crippen LogP contribution in [0.25, 0.3) is 10.9 Å². The Hall–Kier alpha value is -2.31. The number of benzene rings is 2. The van der Waals surface area contributed by atoms with Gasteiger partial charge in [0, 0.05) is 11.1 Å². The molecule has 1 aromatic heterocycles. The highest BCUT2D eigenvalue weighted by Crippen LogP contribution is 2.30. The van der Waals surface area contributed by atoms with Gasteiger partial charge in [-0.2, -0.15) is 0 Å². The van der Waals surface area contributed by atoms with Crippen LogP contribution in [0.4, 0.5) is 0 Å². The molecule has 2 aromatic carbocycles. The lowest BCUT2D eigenvalue weighted by Gasteiger charge is -2.13. The Kier molecular flexibility index (Phi) is 5.64. The van der Waals surface area contributed by atoms with Gasteiger partial charge in [0.15, 0.2) is 16.3 Å². The SMILES string of the molecule is CCOc1cc2[nH]c(=S)n(Cc3ccc(Cl)cc3)c(=O)c2cc1OCC. The van der Waals surface area contributed by atoms with Crippen molar-refractivity contribution in [2.45, 2.75) is 20.4 Å². The number of aromatic nitrogens is 2. The summed E-state index contributed by atoms with van der Waals surface area (Å²) in [5.74, 6) is 1.13. The van der Waals surface area contributed by atoms with Crippen molar-refractivity contribution in [2.24, 2.45) is 0 Å². The van der Waals surface area contributed by atoms with Gasteiger partial charge in [-0.05, 0) is 49.8 Å². The van der Waals surface area contributed by atoms with E-state index in [1.165, 1.54) is 4.57 Å². The zero-order valence-electron chi connectivity index (χ0n) is 14.5. The first kappa shape index (κ1) is 18.5. The molecule has 0 aliphatic carbocycles. The summed E-state index contributed by atoms with van der Waals surface area (Å²) >= 11 is 11.3. The molecule has 0 bridgehead atoms. The minimum absolute atomic E-state index is 0.178. The summed E-state index contributed by atoms with van der Waals surface area (Å²) < 4.78 is 13.1. The molecule has 1 N–H and O–H groups in total. The van der Waals surface area contributed by atoms with E-state index in [0.29, 0.717) is 52.0 Å². The molecule has 3 rings (SSSR count). The average Bonchev–Trinajstić information content (AvgIpc) is 2.62. The fourth-order valence-electron chi connectivity index (χ4n) is 2.71. The van der Waals surface area contributed by atoms with E-state index in [1.54, 1.807) is 24.3 Å².